The van der Waals surface area contributed by atoms with Crippen LogP contribution in [0.4, 0.5) is 4.79 Å². The van der Waals surface area contributed by atoms with E-state index in [4.69, 9.17) is 4.74 Å². The molecular formula is C22H25N5O3. The van der Waals surface area contributed by atoms with Gasteiger partial charge in [0.25, 0.3) is 5.91 Å². The predicted molar refractivity (Wildman–Crippen MR) is 112 cm³/mol. The summed E-state index contributed by atoms with van der Waals surface area (Å²) in [6.45, 7) is 5.98. The van der Waals surface area contributed by atoms with Gasteiger partial charge in [-0.3, -0.25) is 4.79 Å². The van der Waals surface area contributed by atoms with E-state index in [2.05, 4.69) is 5.10 Å². The maximum absolute atomic E-state index is 13.3. The molecule has 1 aromatic carbocycles. The zero-order chi connectivity index (χ0) is 21.1. The Hall–Kier alpha value is -3.55. The van der Waals surface area contributed by atoms with Crippen molar-refractivity contribution in [1.82, 2.24) is 24.1 Å². The molecule has 3 heterocycles. The highest BCUT2D eigenvalue weighted by atomic mass is 16.6. The Labute approximate surface area is 175 Å². The third-order valence-electron chi connectivity index (χ3n) is 5.19. The fourth-order valence-electron chi connectivity index (χ4n) is 3.57. The molecule has 0 radical (unpaired) electrons. The summed E-state index contributed by atoms with van der Waals surface area (Å²) in [5.74, 6) is 0.599. The average molecular weight is 407 g/mol. The summed E-state index contributed by atoms with van der Waals surface area (Å²) in [5, 5.41) is 4.52. The van der Waals surface area contributed by atoms with Gasteiger partial charge in [-0.05, 0) is 38.1 Å². The van der Waals surface area contributed by atoms with Gasteiger partial charge in [0.1, 0.15) is 5.56 Å². The van der Waals surface area contributed by atoms with E-state index in [-0.39, 0.29) is 12.0 Å². The topological polar surface area (TPSA) is 72.6 Å². The first-order chi connectivity index (χ1) is 14.6. The highest BCUT2D eigenvalue weighted by Crippen LogP contribution is 2.22. The van der Waals surface area contributed by atoms with Gasteiger partial charge in [0.2, 0.25) is 0 Å². The van der Waals surface area contributed by atoms with E-state index in [0.29, 0.717) is 44.2 Å². The van der Waals surface area contributed by atoms with Crippen LogP contribution in [0, 0.1) is 6.92 Å². The highest BCUT2D eigenvalue weighted by Gasteiger charge is 2.29. The van der Waals surface area contributed by atoms with Crippen LogP contribution in [0.15, 0.2) is 55.0 Å². The number of carbonyl (C=O) groups excluding carboxylic acids is 2. The molecule has 0 spiro atoms. The number of amides is 2. The minimum absolute atomic E-state index is 0.0967. The number of rotatable bonds is 4. The molecule has 3 aromatic rings. The van der Waals surface area contributed by atoms with E-state index in [1.807, 2.05) is 60.3 Å². The van der Waals surface area contributed by atoms with Crippen molar-refractivity contribution >= 4 is 12.0 Å². The van der Waals surface area contributed by atoms with Crippen LogP contribution in [0.2, 0.25) is 0 Å². The SMILES string of the molecule is CCOC(=O)N1CCN(C(=O)c2cnn(-c3ccc(C)cc3)c2-n2cccc2)CC1. The molecule has 30 heavy (non-hydrogen) atoms. The number of aryl methyl sites for hydroxylation is 1. The Kier molecular flexibility index (Phi) is 5.56. The number of ether oxygens (including phenoxy) is 1. The van der Waals surface area contributed by atoms with Gasteiger partial charge in [0, 0.05) is 38.6 Å². The van der Waals surface area contributed by atoms with Gasteiger partial charge in [-0.2, -0.15) is 5.10 Å². The molecule has 8 nitrogen and oxygen atoms in total. The molecule has 0 aliphatic carbocycles. The summed E-state index contributed by atoms with van der Waals surface area (Å²) in [4.78, 5) is 28.7. The van der Waals surface area contributed by atoms with Crippen LogP contribution in [0.3, 0.4) is 0 Å². The number of benzene rings is 1. The van der Waals surface area contributed by atoms with Gasteiger partial charge in [0.15, 0.2) is 5.82 Å². The monoisotopic (exact) mass is 407 g/mol. The molecule has 0 saturated carbocycles. The maximum atomic E-state index is 13.3. The largest absolute Gasteiger partial charge is 0.450 e. The molecule has 156 valence electrons. The lowest BCUT2D eigenvalue weighted by atomic mass is 10.2. The molecule has 2 aromatic heterocycles. The quantitative estimate of drug-likeness (QED) is 0.667. The zero-order valence-electron chi connectivity index (χ0n) is 17.2. The Morgan fingerprint density at radius 2 is 1.63 bits per heavy atom. The van der Waals surface area contributed by atoms with Crippen molar-refractivity contribution in [3.05, 3.63) is 66.1 Å². The zero-order valence-corrected chi connectivity index (χ0v) is 17.2. The van der Waals surface area contributed by atoms with Crippen molar-refractivity contribution < 1.29 is 14.3 Å². The molecule has 1 saturated heterocycles. The second-order valence-corrected chi connectivity index (χ2v) is 7.20. The second-order valence-electron chi connectivity index (χ2n) is 7.20. The van der Waals surface area contributed by atoms with Crippen molar-refractivity contribution in [3.8, 4) is 11.5 Å². The Morgan fingerprint density at radius 3 is 2.27 bits per heavy atom. The number of hydrogen-bond donors (Lipinski definition) is 0. The Bertz CT molecular complexity index is 1020. The minimum atomic E-state index is -0.329. The van der Waals surface area contributed by atoms with Crippen molar-refractivity contribution in [2.45, 2.75) is 13.8 Å². The number of nitrogens with zero attached hydrogens (tertiary/aromatic N) is 5. The summed E-state index contributed by atoms with van der Waals surface area (Å²) in [5.41, 5.74) is 2.57. The van der Waals surface area contributed by atoms with Gasteiger partial charge >= 0.3 is 6.09 Å². The fraction of sp³-hybridized carbons (Fsp3) is 0.318. The number of piperazine rings is 1. The van der Waals surface area contributed by atoms with Crippen molar-refractivity contribution in [1.29, 1.82) is 0 Å². The lowest BCUT2D eigenvalue weighted by Crippen LogP contribution is -2.50. The summed E-state index contributed by atoms with van der Waals surface area (Å²) >= 11 is 0. The molecule has 0 N–H and O–H groups in total. The molecule has 1 aliphatic rings. The van der Waals surface area contributed by atoms with E-state index in [0.717, 1.165) is 11.3 Å². The van der Waals surface area contributed by atoms with Gasteiger partial charge in [-0.1, -0.05) is 17.7 Å². The molecule has 0 unspecified atom stereocenters. The second kappa shape index (κ2) is 8.44. The van der Waals surface area contributed by atoms with Gasteiger partial charge in [-0.15, -0.1) is 0 Å². The number of carbonyl (C=O) groups is 2. The molecular weight excluding hydrogens is 382 g/mol. The summed E-state index contributed by atoms with van der Waals surface area (Å²) in [6, 6.07) is 11.8. The molecule has 1 fully saturated rings. The number of aromatic nitrogens is 3. The van der Waals surface area contributed by atoms with E-state index in [9.17, 15) is 9.59 Å². The van der Waals surface area contributed by atoms with Crippen LogP contribution in [-0.4, -0.2) is 68.9 Å². The first kappa shape index (κ1) is 19.8. The lowest BCUT2D eigenvalue weighted by molar-refractivity contribution is 0.0570. The van der Waals surface area contributed by atoms with Crippen LogP contribution in [0.5, 0.6) is 0 Å². The van der Waals surface area contributed by atoms with Gasteiger partial charge in [0.05, 0.1) is 18.5 Å². The van der Waals surface area contributed by atoms with Crippen LogP contribution in [0.1, 0.15) is 22.8 Å². The summed E-state index contributed by atoms with van der Waals surface area (Å²) < 4.78 is 8.73. The van der Waals surface area contributed by atoms with E-state index < -0.39 is 0 Å². The van der Waals surface area contributed by atoms with Crippen LogP contribution >= 0.6 is 0 Å². The predicted octanol–water partition coefficient (Wildman–Crippen LogP) is 2.89. The Balaban J connectivity index is 1.61. The standard InChI is InChI=1S/C22H25N5O3/c1-3-30-22(29)26-14-12-25(13-15-26)21(28)19-16-23-27(18-8-6-17(2)7-9-18)20(19)24-10-4-5-11-24/h4-11,16H,3,12-15H2,1-2H3. The molecule has 2 amide bonds. The van der Waals surface area contributed by atoms with E-state index in [1.165, 1.54) is 0 Å². The van der Waals surface area contributed by atoms with Crippen LogP contribution in [0.25, 0.3) is 11.5 Å². The normalized spacial score (nSPS) is 14.1. The van der Waals surface area contributed by atoms with Crippen molar-refractivity contribution in [3.63, 3.8) is 0 Å². The Morgan fingerprint density at radius 1 is 1.00 bits per heavy atom. The van der Waals surface area contributed by atoms with Gasteiger partial charge in [-0.25, -0.2) is 9.48 Å². The first-order valence-corrected chi connectivity index (χ1v) is 10.1. The third-order valence-corrected chi connectivity index (χ3v) is 5.19. The first-order valence-electron chi connectivity index (χ1n) is 10.1. The van der Waals surface area contributed by atoms with Crippen molar-refractivity contribution in [2.24, 2.45) is 0 Å². The smallest absolute Gasteiger partial charge is 0.409 e. The lowest BCUT2D eigenvalue weighted by Gasteiger charge is -2.34. The summed E-state index contributed by atoms with van der Waals surface area (Å²) in [7, 11) is 0. The van der Waals surface area contributed by atoms with Crippen molar-refractivity contribution in [2.75, 3.05) is 32.8 Å². The highest BCUT2D eigenvalue weighted by molar-refractivity contribution is 5.97. The van der Waals surface area contributed by atoms with Crippen LogP contribution < -0.4 is 0 Å². The molecule has 0 atom stereocenters. The fourth-order valence-corrected chi connectivity index (χ4v) is 3.57. The maximum Gasteiger partial charge on any atom is 0.409 e. The van der Waals surface area contributed by atoms with E-state index >= 15 is 0 Å². The molecule has 8 heteroatoms. The molecule has 4 rings (SSSR count). The summed E-state index contributed by atoms with van der Waals surface area (Å²) in [6.07, 6.45) is 5.09. The number of hydrogen-bond acceptors (Lipinski definition) is 4. The van der Waals surface area contributed by atoms with Gasteiger partial charge < -0.3 is 19.1 Å². The molecule has 0 bridgehead atoms. The third kappa shape index (κ3) is 3.80. The minimum Gasteiger partial charge on any atom is -0.450 e. The molecule has 1 aliphatic heterocycles. The average Bonchev–Trinajstić information content (AvgIpc) is 3.44. The van der Waals surface area contributed by atoms with E-state index in [1.54, 1.807) is 27.6 Å². The van der Waals surface area contributed by atoms with Crippen LogP contribution in [-0.2, 0) is 4.74 Å².